The lowest BCUT2D eigenvalue weighted by molar-refractivity contribution is 0.135. The molecule has 0 radical (unpaired) electrons. The summed E-state index contributed by atoms with van der Waals surface area (Å²) in [5, 5.41) is 17.3. The van der Waals surface area contributed by atoms with Crippen LogP contribution in [0.4, 0.5) is 0 Å². The van der Waals surface area contributed by atoms with Gasteiger partial charge in [0, 0.05) is 6.61 Å². The Kier molecular flexibility index (Phi) is 8.89. The van der Waals surface area contributed by atoms with Gasteiger partial charge in [-0.1, -0.05) is 0 Å². The van der Waals surface area contributed by atoms with Crippen molar-refractivity contribution in [1.29, 1.82) is 0 Å². The molecule has 0 aliphatic rings. The van der Waals surface area contributed by atoms with Crippen molar-refractivity contribution in [2.75, 3.05) is 19.0 Å². The molecule has 0 spiro atoms. The van der Waals surface area contributed by atoms with Crippen LogP contribution in [0, 0.1) is 0 Å². The van der Waals surface area contributed by atoms with Crippen LogP contribution in [0.25, 0.3) is 0 Å². The van der Waals surface area contributed by atoms with Gasteiger partial charge in [-0.05, 0) is 18.6 Å². The highest BCUT2D eigenvalue weighted by Crippen LogP contribution is 1.91. The predicted molar refractivity (Wildman–Crippen MR) is 50.7 cm³/mol. The molecule has 1 unspecified atom stereocenters. The van der Waals surface area contributed by atoms with Gasteiger partial charge in [0.15, 0.2) is 9.76 Å². The molecule has 0 rings (SSSR count). The van der Waals surface area contributed by atoms with Crippen LogP contribution in [-0.2, 0) is 4.43 Å². The van der Waals surface area contributed by atoms with Crippen molar-refractivity contribution in [2.24, 2.45) is 0 Å². The number of aliphatic hydroxyl groups is 2. The summed E-state index contributed by atoms with van der Waals surface area (Å²) >= 11 is 4.05. The van der Waals surface area contributed by atoms with Crippen LogP contribution in [0.15, 0.2) is 0 Å². The molecule has 0 saturated heterocycles. The molecule has 11 heavy (non-hydrogen) atoms. The van der Waals surface area contributed by atoms with E-state index in [4.69, 9.17) is 14.6 Å². The van der Waals surface area contributed by atoms with Crippen LogP contribution < -0.4 is 0 Å². The number of thiol groups is 1. The zero-order chi connectivity index (χ0) is 8.53. The van der Waals surface area contributed by atoms with Crippen molar-refractivity contribution in [1.82, 2.24) is 0 Å². The summed E-state index contributed by atoms with van der Waals surface area (Å²) in [6, 6.07) is 0. The number of unbranched alkanes of at least 4 members (excludes halogenated alkanes) is 1. The zero-order valence-electron chi connectivity index (χ0n) is 6.57. The molecule has 0 fully saturated rings. The van der Waals surface area contributed by atoms with E-state index in [0.29, 0.717) is 6.61 Å². The molecule has 0 aromatic rings. The largest absolute Gasteiger partial charge is 0.421 e. The highest BCUT2D eigenvalue weighted by atomic mass is 32.1. The van der Waals surface area contributed by atoms with E-state index in [-0.39, 0.29) is 6.61 Å². The molecule has 0 aromatic carbocycles. The van der Waals surface area contributed by atoms with Crippen LogP contribution in [0.5, 0.6) is 0 Å². The van der Waals surface area contributed by atoms with Gasteiger partial charge in [0.05, 0.1) is 12.3 Å². The third kappa shape index (κ3) is 8.35. The molecule has 0 amide bonds. The van der Waals surface area contributed by atoms with Gasteiger partial charge in [-0.25, -0.2) is 0 Å². The molecule has 0 aliphatic heterocycles. The van der Waals surface area contributed by atoms with Crippen molar-refractivity contribution in [2.45, 2.75) is 18.6 Å². The summed E-state index contributed by atoms with van der Waals surface area (Å²) in [4.78, 5) is 0. The van der Waals surface area contributed by atoms with E-state index in [9.17, 15) is 0 Å². The minimum absolute atomic E-state index is 0.168. The molecule has 0 aromatic heterocycles. The lowest BCUT2D eigenvalue weighted by Gasteiger charge is -2.06. The quantitative estimate of drug-likeness (QED) is 0.281. The van der Waals surface area contributed by atoms with Crippen LogP contribution >= 0.6 is 12.6 Å². The van der Waals surface area contributed by atoms with Gasteiger partial charge in [0.2, 0.25) is 0 Å². The minimum atomic E-state index is -0.912. The standard InChI is InChI=1S/C6H16O3SSi/c7-5-6(8)11-9-3-1-2-4-10/h6-8,10H,1-5,11H2. The van der Waals surface area contributed by atoms with Crippen molar-refractivity contribution < 1.29 is 14.6 Å². The fraction of sp³-hybridized carbons (Fsp3) is 1.00. The molecule has 1 atom stereocenters. The Morgan fingerprint density at radius 3 is 2.73 bits per heavy atom. The average molecular weight is 196 g/mol. The summed E-state index contributed by atoms with van der Waals surface area (Å²) in [6.07, 6.45) is 2.04. The highest BCUT2D eigenvalue weighted by molar-refractivity contribution is 7.80. The second kappa shape index (κ2) is 8.54. The molecule has 0 heterocycles. The summed E-state index contributed by atoms with van der Waals surface area (Å²) in [7, 11) is -0.912. The monoisotopic (exact) mass is 196 g/mol. The van der Waals surface area contributed by atoms with Gasteiger partial charge in [0.25, 0.3) is 0 Å². The van der Waals surface area contributed by atoms with Gasteiger partial charge in [-0.2, -0.15) is 12.6 Å². The Bertz CT molecular complexity index is 84.2. The molecular weight excluding hydrogens is 180 g/mol. The average Bonchev–Trinajstić information content (AvgIpc) is 2.04. The second-order valence-corrected chi connectivity index (χ2v) is 4.47. The normalized spacial score (nSPS) is 14.5. The third-order valence-electron chi connectivity index (χ3n) is 1.22. The highest BCUT2D eigenvalue weighted by Gasteiger charge is 2.01. The molecule has 3 nitrogen and oxygen atoms in total. The van der Waals surface area contributed by atoms with Crippen molar-refractivity contribution >= 4 is 22.4 Å². The SMILES string of the molecule is OCC(O)[SiH2]OCCCCS. The summed E-state index contributed by atoms with van der Waals surface area (Å²) in [6.45, 7) is 0.530. The van der Waals surface area contributed by atoms with Gasteiger partial charge in [0.1, 0.15) is 0 Å². The van der Waals surface area contributed by atoms with Gasteiger partial charge in [-0.3, -0.25) is 0 Å². The van der Waals surface area contributed by atoms with Crippen LogP contribution in [0.2, 0.25) is 0 Å². The second-order valence-electron chi connectivity index (χ2n) is 2.34. The van der Waals surface area contributed by atoms with Gasteiger partial charge in [-0.15, -0.1) is 0 Å². The lowest BCUT2D eigenvalue weighted by atomic mass is 10.4. The molecule has 68 valence electrons. The van der Waals surface area contributed by atoms with Crippen molar-refractivity contribution in [3.63, 3.8) is 0 Å². The van der Waals surface area contributed by atoms with Crippen LogP contribution in [0.3, 0.4) is 0 Å². The smallest absolute Gasteiger partial charge is 0.193 e. The number of hydrogen-bond acceptors (Lipinski definition) is 4. The van der Waals surface area contributed by atoms with Crippen molar-refractivity contribution in [3.8, 4) is 0 Å². The van der Waals surface area contributed by atoms with Gasteiger partial charge < -0.3 is 14.6 Å². The molecule has 2 N–H and O–H groups in total. The summed E-state index contributed by atoms with van der Waals surface area (Å²) in [5.74, 6) is 0.882. The fourth-order valence-corrected chi connectivity index (χ4v) is 1.56. The Labute approximate surface area is 75.1 Å². The fourth-order valence-electron chi connectivity index (χ4n) is 0.588. The maximum absolute atomic E-state index is 8.89. The van der Waals surface area contributed by atoms with Crippen molar-refractivity contribution in [3.05, 3.63) is 0 Å². The first-order valence-electron chi connectivity index (χ1n) is 3.78. The molecule has 0 bridgehead atoms. The molecule has 0 aliphatic carbocycles. The van der Waals surface area contributed by atoms with Crippen LogP contribution in [-0.4, -0.2) is 44.7 Å². The van der Waals surface area contributed by atoms with E-state index in [1.54, 1.807) is 0 Å². The maximum Gasteiger partial charge on any atom is 0.193 e. The van der Waals surface area contributed by atoms with Gasteiger partial charge >= 0.3 is 0 Å². The topological polar surface area (TPSA) is 49.7 Å². The first-order chi connectivity index (χ1) is 5.31. The maximum atomic E-state index is 8.89. The predicted octanol–water partition coefficient (Wildman–Crippen LogP) is -0.893. The van der Waals surface area contributed by atoms with E-state index in [1.807, 2.05) is 0 Å². The number of aliphatic hydroxyl groups excluding tert-OH is 2. The van der Waals surface area contributed by atoms with Crippen LogP contribution in [0.1, 0.15) is 12.8 Å². The summed E-state index contributed by atoms with van der Waals surface area (Å²) < 4.78 is 5.18. The third-order valence-corrected chi connectivity index (χ3v) is 2.70. The Balaban J connectivity index is 2.89. The van der Waals surface area contributed by atoms with E-state index in [1.165, 1.54) is 0 Å². The Morgan fingerprint density at radius 2 is 2.18 bits per heavy atom. The molecule has 0 saturated carbocycles. The zero-order valence-corrected chi connectivity index (χ0v) is 8.88. The summed E-state index contributed by atoms with van der Waals surface area (Å²) in [5.41, 5.74) is -0.592. The molecule has 5 heteroatoms. The Morgan fingerprint density at radius 1 is 1.45 bits per heavy atom. The van der Waals surface area contributed by atoms with E-state index >= 15 is 0 Å². The first kappa shape index (κ1) is 11.4. The van der Waals surface area contributed by atoms with E-state index < -0.39 is 15.5 Å². The van der Waals surface area contributed by atoms with E-state index in [0.717, 1.165) is 18.6 Å². The first-order valence-corrected chi connectivity index (χ1v) is 5.81. The number of hydrogen-bond donors (Lipinski definition) is 3. The van der Waals surface area contributed by atoms with E-state index in [2.05, 4.69) is 12.6 Å². The lowest BCUT2D eigenvalue weighted by Crippen LogP contribution is -2.23. The minimum Gasteiger partial charge on any atom is -0.421 e. The Hall–Kier alpha value is 0.447. The number of rotatable bonds is 7. The molecular formula is C6H16O3SSi.